The SMILES string of the molecule is COCCNC[C@@H]1C=C(C)[C@H](Cc2nnc(-c3cncn3C)o2)C[C@H]1C(C)C. The number of aromatic nitrogens is 4. The van der Waals surface area contributed by atoms with E-state index in [0.29, 0.717) is 35.5 Å². The summed E-state index contributed by atoms with van der Waals surface area (Å²) in [6.45, 7) is 9.54. The van der Waals surface area contributed by atoms with E-state index in [2.05, 4.69) is 47.3 Å². The molecule has 1 N–H and O–H groups in total. The van der Waals surface area contributed by atoms with Crippen molar-refractivity contribution < 1.29 is 9.15 Å². The van der Waals surface area contributed by atoms with Gasteiger partial charge in [0.1, 0.15) is 5.69 Å². The highest BCUT2D eigenvalue weighted by atomic mass is 16.5. The van der Waals surface area contributed by atoms with Gasteiger partial charge in [0.2, 0.25) is 5.89 Å². The van der Waals surface area contributed by atoms with Gasteiger partial charge in [-0.25, -0.2) is 4.98 Å². The largest absolute Gasteiger partial charge is 0.419 e. The van der Waals surface area contributed by atoms with Crippen LogP contribution in [-0.2, 0) is 18.2 Å². The van der Waals surface area contributed by atoms with Crippen molar-refractivity contribution in [2.45, 2.75) is 33.6 Å². The summed E-state index contributed by atoms with van der Waals surface area (Å²) in [5, 5.41) is 12.0. The van der Waals surface area contributed by atoms with E-state index in [9.17, 15) is 0 Å². The van der Waals surface area contributed by atoms with Crippen LogP contribution in [0.2, 0.25) is 0 Å². The van der Waals surface area contributed by atoms with Gasteiger partial charge in [0.25, 0.3) is 5.89 Å². The van der Waals surface area contributed by atoms with Gasteiger partial charge < -0.3 is 19.0 Å². The van der Waals surface area contributed by atoms with Crippen molar-refractivity contribution in [3.63, 3.8) is 0 Å². The Bertz CT molecular complexity index is 779. The molecule has 2 aromatic rings. The Kier molecular flexibility index (Phi) is 7.02. The normalized spacial score (nSPS) is 22.6. The molecule has 0 bridgehead atoms. The smallest absolute Gasteiger partial charge is 0.265 e. The Morgan fingerprint density at radius 1 is 1.36 bits per heavy atom. The Morgan fingerprint density at radius 3 is 2.86 bits per heavy atom. The molecule has 0 radical (unpaired) electrons. The maximum Gasteiger partial charge on any atom is 0.265 e. The van der Waals surface area contributed by atoms with Gasteiger partial charge in [-0.3, -0.25) is 0 Å². The van der Waals surface area contributed by atoms with E-state index in [1.54, 1.807) is 19.6 Å². The molecule has 3 rings (SSSR count). The van der Waals surface area contributed by atoms with Crippen molar-refractivity contribution >= 4 is 0 Å². The van der Waals surface area contributed by atoms with Gasteiger partial charge in [0.05, 0.1) is 19.1 Å². The number of allylic oxidation sites excluding steroid dienone is 1. The maximum absolute atomic E-state index is 5.94. The Morgan fingerprint density at radius 2 is 2.18 bits per heavy atom. The third-order valence-corrected chi connectivity index (χ3v) is 5.87. The Labute approximate surface area is 167 Å². The molecular formula is C21H33N5O2. The van der Waals surface area contributed by atoms with E-state index in [1.807, 2.05) is 11.6 Å². The van der Waals surface area contributed by atoms with Gasteiger partial charge in [0, 0.05) is 33.7 Å². The molecule has 1 aliphatic rings. The van der Waals surface area contributed by atoms with Crippen LogP contribution in [0.1, 0.15) is 33.1 Å². The molecule has 0 unspecified atom stereocenters. The number of rotatable bonds is 9. The van der Waals surface area contributed by atoms with Crippen LogP contribution < -0.4 is 5.32 Å². The van der Waals surface area contributed by atoms with Gasteiger partial charge in [-0.15, -0.1) is 10.2 Å². The molecule has 0 amide bonds. The lowest BCUT2D eigenvalue weighted by Gasteiger charge is -2.37. The average Bonchev–Trinajstić information content (AvgIpc) is 3.29. The molecule has 0 saturated carbocycles. The van der Waals surface area contributed by atoms with Crippen LogP contribution in [0, 0.1) is 23.7 Å². The van der Waals surface area contributed by atoms with Gasteiger partial charge >= 0.3 is 0 Å². The van der Waals surface area contributed by atoms with Crippen LogP contribution in [0.4, 0.5) is 0 Å². The number of hydrogen-bond acceptors (Lipinski definition) is 6. The van der Waals surface area contributed by atoms with Crippen LogP contribution in [0.3, 0.4) is 0 Å². The Hall–Kier alpha value is -1.99. The van der Waals surface area contributed by atoms with Crippen LogP contribution in [0.5, 0.6) is 0 Å². The molecule has 0 aromatic carbocycles. The first-order valence-electron chi connectivity index (χ1n) is 10.2. The second kappa shape index (κ2) is 9.47. The number of nitrogens with one attached hydrogen (secondary N) is 1. The number of nitrogens with zero attached hydrogens (tertiary/aromatic N) is 4. The van der Waals surface area contributed by atoms with Crippen molar-refractivity contribution in [3.8, 4) is 11.6 Å². The summed E-state index contributed by atoms with van der Waals surface area (Å²) in [6, 6.07) is 0. The average molecular weight is 388 g/mol. The van der Waals surface area contributed by atoms with Gasteiger partial charge in [0.15, 0.2) is 0 Å². The molecule has 154 valence electrons. The third kappa shape index (κ3) is 4.89. The minimum Gasteiger partial charge on any atom is -0.419 e. The minimum absolute atomic E-state index is 0.447. The van der Waals surface area contributed by atoms with E-state index in [-0.39, 0.29) is 0 Å². The summed E-state index contributed by atoms with van der Waals surface area (Å²) < 4.78 is 13.0. The first-order valence-corrected chi connectivity index (χ1v) is 10.2. The molecule has 2 heterocycles. The van der Waals surface area contributed by atoms with Crippen molar-refractivity contribution in [2.24, 2.45) is 30.7 Å². The summed E-state index contributed by atoms with van der Waals surface area (Å²) in [4.78, 5) is 4.12. The minimum atomic E-state index is 0.447. The summed E-state index contributed by atoms with van der Waals surface area (Å²) >= 11 is 0. The first-order chi connectivity index (χ1) is 13.5. The summed E-state index contributed by atoms with van der Waals surface area (Å²) in [5.74, 6) is 3.52. The van der Waals surface area contributed by atoms with Gasteiger partial charge in [-0.2, -0.15) is 0 Å². The third-order valence-electron chi connectivity index (χ3n) is 5.87. The second-order valence-corrected chi connectivity index (χ2v) is 8.21. The predicted octanol–water partition coefficient (Wildman–Crippen LogP) is 3.10. The van der Waals surface area contributed by atoms with E-state index in [1.165, 1.54) is 5.57 Å². The first kappa shape index (κ1) is 20.7. The molecule has 3 atom stereocenters. The number of hydrogen-bond donors (Lipinski definition) is 1. The van der Waals surface area contributed by atoms with Crippen molar-refractivity contribution in [1.29, 1.82) is 0 Å². The zero-order chi connectivity index (χ0) is 20.1. The van der Waals surface area contributed by atoms with Crippen LogP contribution >= 0.6 is 0 Å². The molecule has 1 aliphatic carbocycles. The molecule has 0 aliphatic heterocycles. The van der Waals surface area contributed by atoms with E-state index >= 15 is 0 Å². The quantitative estimate of drug-likeness (QED) is 0.526. The molecule has 28 heavy (non-hydrogen) atoms. The lowest BCUT2D eigenvalue weighted by atomic mass is 9.70. The highest BCUT2D eigenvalue weighted by molar-refractivity contribution is 5.44. The second-order valence-electron chi connectivity index (χ2n) is 8.21. The van der Waals surface area contributed by atoms with Crippen molar-refractivity contribution in [3.05, 3.63) is 30.1 Å². The van der Waals surface area contributed by atoms with E-state index < -0.39 is 0 Å². The fourth-order valence-electron chi connectivity index (χ4n) is 4.16. The summed E-state index contributed by atoms with van der Waals surface area (Å²) in [5.41, 5.74) is 2.27. The molecule has 0 spiro atoms. The fraction of sp³-hybridized carbons (Fsp3) is 0.667. The monoisotopic (exact) mass is 387 g/mol. The van der Waals surface area contributed by atoms with Gasteiger partial charge in [-0.1, -0.05) is 25.5 Å². The molecular weight excluding hydrogens is 354 g/mol. The number of imidazole rings is 1. The molecule has 0 saturated heterocycles. The molecule has 7 nitrogen and oxygen atoms in total. The molecule has 7 heteroatoms. The number of ether oxygens (including phenoxy) is 1. The van der Waals surface area contributed by atoms with E-state index in [4.69, 9.17) is 9.15 Å². The van der Waals surface area contributed by atoms with Crippen molar-refractivity contribution in [1.82, 2.24) is 25.1 Å². The highest BCUT2D eigenvalue weighted by Gasteiger charge is 2.32. The summed E-state index contributed by atoms with van der Waals surface area (Å²) in [7, 11) is 3.67. The van der Waals surface area contributed by atoms with Gasteiger partial charge in [-0.05, 0) is 37.0 Å². The standard InChI is InChI=1S/C21H33N5O2/c1-14(2)18-9-16(15(3)8-17(18)11-22-6-7-27-5)10-20-24-25-21(28-20)19-12-23-13-26(19)4/h8,12-14,16-18,22H,6-7,9-11H2,1-5H3/t16-,17-,18-/m0/s1. The number of methoxy groups -OCH3 is 1. The topological polar surface area (TPSA) is 78.0 Å². The number of aryl methyl sites for hydroxylation is 1. The zero-order valence-corrected chi connectivity index (χ0v) is 17.7. The Balaban J connectivity index is 1.67. The molecule has 0 fully saturated rings. The fourth-order valence-corrected chi connectivity index (χ4v) is 4.16. The lowest BCUT2D eigenvalue weighted by molar-refractivity contribution is 0.188. The summed E-state index contributed by atoms with van der Waals surface area (Å²) in [6.07, 6.45) is 7.89. The highest BCUT2D eigenvalue weighted by Crippen LogP contribution is 2.38. The maximum atomic E-state index is 5.94. The predicted molar refractivity (Wildman–Crippen MR) is 109 cm³/mol. The van der Waals surface area contributed by atoms with Crippen LogP contribution in [-0.4, -0.2) is 46.6 Å². The zero-order valence-electron chi connectivity index (χ0n) is 17.7. The van der Waals surface area contributed by atoms with E-state index in [0.717, 1.165) is 38.2 Å². The van der Waals surface area contributed by atoms with Crippen LogP contribution in [0.15, 0.2) is 28.6 Å². The van der Waals surface area contributed by atoms with Crippen LogP contribution in [0.25, 0.3) is 11.6 Å². The van der Waals surface area contributed by atoms with Crippen molar-refractivity contribution in [2.75, 3.05) is 26.8 Å². The molecule has 2 aromatic heterocycles. The lowest BCUT2D eigenvalue weighted by Crippen LogP contribution is -2.35.